The fraction of sp³-hybridized carbons (Fsp3) is 0.882. The Morgan fingerprint density at radius 2 is 1.95 bits per heavy atom. The summed E-state index contributed by atoms with van der Waals surface area (Å²) in [6.07, 6.45) is 3.56. The quantitative estimate of drug-likeness (QED) is 0.557. The standard InChI is InChI=1S/C17H31NO4/c1-11(2)14-7-6-12(3)10-15(14)16(20)18-13(4)17(21)22-9-5-8-19/h11-15,19H,5-10H2,1-4H3,(H,18,20)/t12-,13?,14+,15-/m1/s1. The van der Waals surface area contributed by atoms with Gasteiger partial charge in [-0.25, -0.2) is 4.79 Å². The van der Waals surface area contributed by atoms with Crippen molar-refractivity contribution in [1.29, 1.82) is 0 Å². The van der Waals surface area contributed by atoms with Crippen molar-refractivity contribution >= 4 is 11.9 Å². The third-order valence-electron chi connectivity index (χ3n) is 4.62. The highest BCUT2D eigenvalue weighted by molar-refractivity contribution is 5.85. The number of ether oxygens (including phenoxy) is 1. The first-order valence-electron chi connectivity index (χ1n) is 8.44. The summed E-state index contributed by atoms with van der Waals surface area (Å²) in [5.74, 6) is 0.918. The molecular formula is C17H31NO4. The second kappa shape index (κ2) is 9.13. The van der Waals surface area contributed by atoms with Crippen LogP contribution in [-0.2, 0) is 14.3 Å². The van der Waals surface area contributed by atoms with Crippen molar-refractivity contribution in [3.63, 3.8) is 0 Å². The molecule has 22 heavy (non-hydrogen) atoms. The highest BCUT2D eigenvalue weighted by Gasteiger charge is 2.36. The van der Waals surface area contributed by atoms with Gasteiger partial charge in [0.05, 0.1) is 6.61 Å². The lowest BCUT2D eigenvalue weighted by atomic mass is 9.69. The Hall–Kier alpha value is -1.10. The fourth-order valence-electron chi connectivity index (χ4n) is 3.25. The number of nitrogens with one attached hydrogen (secondary N) is 1. The van der Waals surface area contributed by atoms with Gasteiger partial charge in [-0.2, -0.15) is 0 Å². The predicted molar refractivity (Wildman–Crippen MR) is 85.1 cm³/mol. The molecule has 4 atom stereocenters. The Morgan fingerprint density at radius 3 is 2.55 bits per heavy atom. The molecule has 1 unspecified atom stereocenters. The normalized spacial score (nSPS) is 26.5. The molecule has 0 bridgehead atoms. The first-order valence-corrected chi connectivity index (χ1v) is 8.44. The van der Waals surface area contributed by atoms with E-state index in [-0.39, 0.29) is 25.0 Å². The zero-order valence-electron chi connectivity index (χ0n) is 14.3. The molecule has 1 amide bonds. The molecule has 5 heteroatoms. The Bertz CT molecular complexity index is 370. The fourth-order valence-corrected chi connectivity index (χ4v) is 3.25. The summed E-state index contributed by atoms with van der Waals surface area (Å²) >= 11 is 0. The van der Waals surface area contributed by atoms with E-state index < -0.39 is 12.0 Å². The lowest BCUT2D eigenvalue weighted by Gasteiger charge is -2.36. The Morgan fingerprint density at radius 1 is 1.27 bits per heavy atom. The molecule has 128 valence electrons. The zero-order valence-corrected chi connectivity index (χ0v) is 14.3. The second-order valence-corrected chi connectivity index (χ2v) is 6.91. The van der Waals surface area contributed by atoms with Crippen LogP contribution in [0.2, 0.25) is 0 Å². The van der Waals surface area contributed by atoms with E-state index in [1.54, 1.807) is 6.92 Å². The maximum Gasteiger partial charge on any atom is 0.328 e. The summed E-state index contributed by atoms with van der Waals surface area (Å²) in [5, 5.41) is 11.5. The van der Waals surface area contributed by atoms with Gasteiger partial charge in [-0.3, -0.25) is 4.79 Å². The van der Waals surface area contributed by atoms with Crippen LogP contribution in [0.5, 0.6) is 0 Å². The van der Waals surface area contributed by atoms with E-state index >= 15 is 0 Å². The van der Waals surface area contributed by atoms with Gasteiger partial charge in [-0.1, -0.05) is 27.2 Å². The van der Waals surface area contributed by atoms with Gasteiger partial charge in [0.1, 0.15) is 6.04 Å². The van der Waals surface area contributed by atoms with Gasteiger partial charge in [0.25, 0.3) is 0 Å². The van der Waals surface area contributed by atoms with Crippen molar-refractivity contribution in [2.75, 3.05) is 13.2 Å². The topological polar surface area (TPSA) is 75.6 Å². The Labute approximate surface area is 133 Å². The van der Waals surface area contributed by atoms with Crippen LogP contribution in [-0.4, -0.2) is 36.2 Å². The van der Waals surface area contributed by atoms with Crippen LogP contribution in [0.25, 0.3) is 0 Å². The van der Waals surface area contributed by atoms with E-state index in [0.717, 1.165) is 12.8 Å². The largest absolute Gasteiger partial charge is 0.464 e. The summed E-state index contributed by atoms with van der Waals surface area (Å²) in [7, 11) is 0. The number of hydrogen-bond acceptors (Lipinski definition) is 4. The number of aliphatic hydroxyl groups is 1. The number of aliphatic hydroxyl groups excluding tert-OH is 1. The van der Waals surface area contributed by atoms with Gasteiger partial charge in [0, 0.05) is 18.9 Å². The molecule has 1 saturated carbocycles. The van der Waals surface area contributed by atoms with Gasteiger partial charge in [0.2, 0.25) is 5.91 Å². The lowest BCUT2D eigenvalue weighted by molar-refractivity contribution is -0.148. The Balaban J connectivity index is 2.55. The molecule has 0 aliphatic heterocycles. The summed E-state index contributed by atoms with van der Waals surface area (Å²) < 4.78 is 5.01. The lowest BCUT2D eigenvalue weighted by Crippen LogP contribution is -2.46. The van der Waals surface area contributed by atoms with Crippen LogP contribution in [0, 0.1) is 23.7 Å². The molecule has 0 radical (unpaired) electrons. The van der Waals surface area contributed by atoms with E-state index in [9.17, 15) is 9.59 Å². The minimum absolute atomic E-state index is 0.00987. The smallest absolute Gasteiger partial charge is 0.328 e. The van der Waals surface area contributed by atoms with E-state index in [0.29, 0.717) is 24.2 Å². The predicted octanol–water partition coefficient (Wildman–Crippen LogP) is 2.13. The van der Waals surface area contributed by atoms with Crippen molar-refractivity contribution in [2.45, 2.75) is 59.4 Å². The van der Waals surface area contributed by atoms with Crippen LogP contribution >= 0.6 is 0 Å². The minimum atomic E-state index is -0.642. The second-order valence-electron chi connectivity index (χ2n) is 6.91. The number of hydrogen-bond donors (Lipinski definition) is 2. The van der Waals surface area contributed by atoms with Crippen molar-refractivity contribution < 1.29 is 19.4 Å². The molecule has 0 aromatic carbocycles. The number of rotatable bonds is 7. The molecular weight excluding hydrogens is 282 g/mol. The number of carbonyl (C=O) groups excluding carboxylic acids is 2. The average Bonchev–Trinajstić information content (AvgIpc) is 2.46. The van der Waals surface area contributed by atoms with Crippen LogP contribution in [0.3, 0.4) is 0 Å². The van der Waals surface area contributed by atoms with Crippen molar-refractivity contribution in [1.82, 2.24) is 5.32 Å². The van der Waals surface area contributed by atoms with E-state index in [1.807, 2.05) is 0 Å². The average molecular weight is 313 g/mol. The highest BCUT2D eigenvalue weighted by atomic mass is 16.5. The first kappa shape index (κ1) is 18.9. The zero-order chi connectivity index (χ0) is 16.7. The molecule has 1 aliphatic carbocycles. The van der Waals surface area contributed by atoms with Gasteiger partial charge < -0.3 is 15.2 Å². The molecule has 0 spiro atoms. The summed E-state index contributed by atoms with van der Waals surface area (Å²) in [5.41, 5.74) is 0. The molecule has 0 heterocycles. The van der Waals surface area contributed by atoms with Gasteiger partial charge in [-0.15, -0.1) is 0 Å². The molecule has 0 saturated heterocycles. The molecule has 5 nitrogen and oxygen atoms in total. The van der Waals surface area contributed by atoms with Crippen LogP contribution in [0.4, 0.5) is 0 Å². The summed E-state index contributed by atoms with van der Waals surface area (Å²) in [6, 6.07) is -0.642. The van der Waals surface area contributed by atoms with Crippen LogP contribution in [0.15, 0.2) is 0 Å². The van der Waals surface area contributed by atoms with Crippen molar-refractivity contribution in [3.05, 3.63) is 0 Å². The molecule has 1 rings (SSSR count). The number of esters is 1. The van der Waals surface area contributed by atoms with E-state index in [1.165, 1.54) is 6.42 Å². The first-order chi connectivity index (χ1) is 10.4. The van der Waals surface area contributed by atoms with Gasteiger partial charge in [-0.05, 0) is 37.5 Å². The van der Waals surface area contributed by atoms with Gasteiger partial charge in [0.15, 0.2) is 0 Å². The monoisotopic (exact) mass is 313 g/mol. The summed E-state index contributed by atoms with van der Waals surface area (Å²) in [6.45, 7) is 8.33. The number of carbonyl (C=O) groups is 2. The highest BCUT2D eigenvalue weighted by Crippen LogP contribution is 2.38. The van der Waals surface area contributed by atoms with Gasteiger partial charge >= 0.3 is 5.97 Å². The third kappa shape index (κ3) is 5.59. The molecule has 1 aliphatic rings. The molecule has 0 aromatic rings. The number of amides is 1. The third-order valence-corrected chi connectivity index (χ3v) is 4.62. The van der Waals surface area contributed by atoms with E-state index in [2.05, 4.69) is 26.1 Å². The van der Waals surface area contributed by atoms with Crippen molar-refractivity contribution in [3.8, 4) is 0 Å². The molecule has 2 N–H and O–H groups in total. The maximum atomic E-state index is 12.5. The van der Waals surface area contributed by atoms with Crippen LogP contribution in [0.1, 0.15) is 53.4 Å². The minimum Gasteiger partial charge on any atom is -0.464 e. The van der Waals surface area contributed by atoms with E-state index in [4.69, 9.17) is 9.84 Å². The Kier molecular flexibility index (Phi) is 7.87. The molecule has 1 fully saturated rings. The maximum absolute atomic E-state index is 12.5. The molecule has 0 aromatic heterocycles. The SMILES string of the molecule is CC(NC(=O)[C@@H]1C[C@H](C)CC[C@H]1C(C)C)C(=O)OCCCO. The summed E-state index contributed by atoms with van der Waals surface area (Å²) in [4.78, 5) is 24.3. The van der Waals surface area contributed by atoms with Crippen LogP contribution < -0.4 is 5.32 Å². The van der Waals surface area contributed by atoms with Crippen molar-refractivity contribution in [2.24, 2.45) is 23.7 Å².